The number of rotatable bonds is 10. The van der Waals surface area contributed by atoms with E-state index >= 15 is 0 Å². The average molecular weight is 639 g/mol. The first-order chi connectivity index (χ1) is 20.2. The molecule has 0 radical (unpaired) electrons. The molecule has 0 spiro atoms. The fourth-order valence-electron chi connectivity index (χ4n) is 5.03. The second-order valence-electron chi connectivity index (χ2n) is 10.5. The van der Waals surface area contributed by atoms with E-state index in [1.165, 1.54) is 0 Å². The minimum absolute atomic E-state index is 0.144. The van der Waals surface area contributed by atoms with Gasteiger partial charge in [-0.15, -0.1) is 0 Å². The molecule has 224 valence electrons. The van der Waals surface area contributed by atoms with Gasteiger partial charge < -0.3 is 28.9 Å². The maximum atomic E-state index is 14.1. The van der Waals surface area contributed by atoms with Crippen LogP contribution in [0.3, 0.4) is 0 Å². The van der Waals surface area contributed by atoms with Crippen LogP contribution >= 0.6 is 15.9 Å². The zero-order chi connectivity index (χ0) is 30.2. The molecule has 0 aromatic heterocycles. The van der Waals surface area contributed by atoms with Gasteiger partial charge in [0.2, 0.25) is 0 Å². The van der Waals surface area contributed by atoms with Crippen molar-refractivity contribution in [3.8, 4) is 11.5 Å². The molecule has 0 N–H and O–H groups in total. The van der Waals surface area contributed by atoms with Gasteiger partial charge in [-0.05, 0) is 95.9 Å². The maximum absolute atomic E-state index is 14.1. The van der Waals surface area contributed by atoms with Gasteiger partial charge in [0.25, 0.3) is 5.91 Å². The molecule has 0 aliphatic carbocycles. The van der Waals surface area contributed by atoms with Gasteiger partial charge in [-0.25, -0.2) is 4.79 Å². The van der Waals surface area contributed by atoms with E-state index in [0.717, 1.165) is 45.4 Å². The fraction of sp³-hybridized carbons (Fsp3) is 0.394. The van der Waals surface area contributed by atoms with Crippen LogP contribution in [0.4, 0.5) is 16.2 Å². The number of piperazine rings is 1. The third-order valence-electron chi connectivity index (χ3n) is 7.46. The quantitative estimate of drug-likeness (QED) is 0.223. The molecule has 1 aliphatic rings. The molecule has 0 saturated carbocycles. The topological polar surface area (TPSA) is 71.6 Å². The SMILES string of the molecule is CCCCOC(=O)N1CCN(c2ccc(N(Cc3c(OC)cc(C)cc3OC)C(=O)c3ccc(C)cc3Br)cc2)CC1. The number of unbranched alkanes of at least 4 members (excludes halogenated alkanes) is 1. The number of hydrogen-bond donors (Lipinski definition) is 0. The smallest absolute Gasteiger partial charge is 0.409 e. The molecule has 42 heavy (non-hydrogen) atoms. The van der Waals surface area contributed by atoms with Crippen LogP contribution in [0.15, 0.2) is 59.1 Å². The summed E-state index contributed by atoms with van der Waals surface area (Å²) in [5.74, 6) is 1.18. The van der Waals surface area contributed by atoms with Crippen LogP contribution in [0.2, 0.25) is 0 Å². The molecule has 1 heterocycles. The molecular weight excluding hydrogens is 598 g/mol. The van der Waals surface area contributed by atoms with Crippen molar-refractivity contribution >= 4 is 39.3 Å². The summed E-state index contributed by atoms with van der Waals surface area (Å²) in [4.78, 5) is 32.2. The van der Waals surface area contributed by atoms with Crippen LogP contribution < -0.4 is 19.3 Å². The van der Waals surface area contributed by atoms with Gasteiger partial charge >= 0.3 is 6.09 Å². The number of anilines is 2. The molecule has 0 bridgehead atoms. The summed E-state index contributed by atoms with van der Waals surface area (Å²) in [6.45, 7) is 9.39. The summed E-state index contributed by atoms with van der Waals surface area (Å²) in [7, 11) is 3.25. The lowest BCUT2D eigenvalue weighted by atomic mass is 10.1. The Bertz CT molecular complexity index is 1360. The third-order valence-corrected chi connectivity index (χ3v) is 8.11. The van der Waals surface area contributed by atoms with Gasteiger partial charge in [0.05, 0.1) is 38.5 Å². The largest absolute Gasteiger partial charge is 0.496 e. The normalized spacial score (nSPS) is 13.1. The number of ether oxygens (including phenoxy) is 3. The highest BCUT2D eigenvalue weighted by Gasteiger charge is 2.26. The van der Waals surface area contributed by atoms with Crippen LogP contribution in [0.25, 0.3) is 0 Å². The van der Waals surface area contributed by atoms with Gasteiger partial charge in [-0.1, -0.05) is 19.4 Å². The highest BCUT2D eigenvalue weighted by atomic mass is 79.9. The number of halogens is 1. The second-order valence-corrected chi connectivity index (χ2v) is 11.3. The zero-order valence-electron chi connectivity index (χ0n) is 25.1. The Balaban J connectivity index is 1.59. The van der Waals surface area contributed by atoms with Crippen LogP contribution in [0.5, 0.6) is 11.5 Å². The standard InChI is InChI=1S/C33H40BrN3O5/c1-6-7-18-42-33(39)36-16-14-35(15-17-36)25-9-11-26(12-10-25)37(32(38)27-13-8-23(2)19-29(27)34)22-28-30(40-4)20-24(3)21-31(28)41-5/h8-13,19-21H,6-7,14-18,22H2,1-5H3. The van der Waals surface area contributed by atoms with E-state index in [1.807, 2.05) is 68.4 Å². The predicted molar refractivity (Wildman–Crippen MR) is 170 cm³/mol. The first kappa shape index (κ1) is 31.2. The van der Waals surface area contributed by atoms with Crippen LogP contribution in [0, 0.1) is 13.8 Å². The number of hydrogen-bond acceptors (Lipinski definition) is 6. The summed E-state index contributed by atoms with van der Waals surface area (Å²) >= 11 is 3.60. The minimum Gasteiger partial charge on any atom is -0.496 e. The Morgan fingerprint density at radius 1 is 0.881 bits per heavy atom. The molecule has 3 aromatic rings. The molecule has 1 fully saturated rings. The number of carbonyl (C=O) groups excluding carboxylic acids is 2. The van der Waals surface area contributed by atoms with Gasteiger partial charge in [0, 0.05) is 42.0 Å². The van der Waals surface area contributed by atoms with Gasteiger partial charge in [-0.2, -0.15) is 0 Å². The Labute approximate surface area is 257 Å². The predicted octanol–water partition coefficient (Wildman–Crippen LogP) is 6.99. The molecule has 1 aliphatic heterocycles. The van der Waals surface area contributed by atoms with Crippen molar-refractivity contribution in [2.45, 2.75) is 40.2 Å². The zero-order valence-corrected chi connectivity index (χ0v) is 26.7. The van der Waals surface area contributed by atoms with E-state index in [-0.39, 0.29) is 18.5 Å². The summed E-state index contributed by atoms with van der Waals surface area (Å²) in [6, 6.07) is 17.6. The molecule has 2 amide bonds. The lowest BCUT2D eigenvalue weighted by molar-refractivity contribution is 0.0979. The fourth-order valence-corrected chi connectivity index (χ4v) is 5.70. The number of amides is 2. The first-order valence-electron chi connectivity index (χ1n) is 14.3. The monoisotopic (exact) mass is 637 g/mol. The van der Waals surface area contributed by atoms with Crippen LogP contribution in [-0.2, 0) is 11.3 Å². The number of methoxy groups -OCH3 is 2. The van der Waals surface area contributed by atoms with E-state index < -0.39 is 0 Å². The van der Waals surface area contributed by atoms with Crippen molar-refractivity contribution in [1.29, 1.82) is 0 Å². The Morgan fingerprint density at radius 3 is 2.10 bits per heavy atom. The highest BCUT2D eigenvalue weighted by molar-refractivity contribution is 9.10. The Morgan fingerprint density at radius 2 is 1.52 bits per heavy atom. The van der Waals surface area contributed by atoms with E-state index in [9.17, 15) is 9.59 Å². The number of aryl methyl sites for hydroxylation is 2. The molecule has 3 aromatic carbocycles. The minimum atomic E-state index is -0.239. The lowest BCUT2D eigenvalue weighted by Crippen LogP contribution is -2.49. The Hall–Kier alpha value is -3.72. The van der Waals surface area contributed by atoms with Crippen LogP contribution in [-0.4, -0.2) is 63.9 Å². The summed E-state index contributed by atoms with van der Waals surface area (Å²) < 4.78 is 17.5. The number of benzene rings is 3. The van der Waals surface area contributed by atoms with E-state index in [4.69, 9.17) is 14.2 Å². The van der Waals surface area contributed by atoms with Crippen molar-refractivity contribution < 1.29 is 23.8 Å². The molecule has 4 rings (SSSR count). The molecule has 9 heteroatoms. The van der Waals surface area contributed by atoms with E-state index in [0.29, 0.717) is 49.8 Å². The lowest BCUT2D eigenvalue weighted by Gasteiger charge is -2.35. The van der Waals surface area contributed by atoms with Crippen molar-refractivity contribution in [3.63, 3.8) is 0 Å². The van der Waals surface area contributed by atoms with Crippen molar-refractivity contribution in [2.75, 3.05) is 56.8 Å². The summed E-state index contributed by atoms with van der Waals surface area (Å²) in [5, 5.41) is 0. The van der Waals surface area contributed by atoms with Gasteiger partial charge in [-0.3, -0.25) is 4.79 Å². The number of nitrogens with zero attached hydrogens (tertiary/aromatic N) is 3. The van der Waals surface area contributed by atoms with Crippen molar-refractivity contribution in [2.24, 2.45) is 0 Å². The van der Waals surface area contributed by atoms with Gasteiger partial charge in [0.15, 0.2) is 0 Å². The molecule has 1 saturated heterocycles. The number of carbonyl (C=O) groups is 2. The molecule has 8 nitrogen and oxygen atoms in total. The molecule has 0 unspecified atom stereocenters. The van der Waals surface area contributed by atoms with E-state index in [2.05, 4.69) is 27.8 Å². The Kier molecular flexibility index (Phi) is 10.7. The summed E-state index contributed by atoms with van der Waals surface area (Å²) in [6.07, 6.45) is 1.63. The summed E-state index contributed by atoms with van der Waals surface area (Å²) in [5.41, 5.74) is 5.20. The second kappa shape index (κ2) is 14.4. The third kappa shape index (κ3) is 7.37. The molecular formula is C33H40BrN3O5. The maximum Gasteiger partial charge on any atom is 0.409 e. The van der Waals surface area contributed by atoms with Gasteiger partial charge in [0.1, 0.15) is 11.5 Å². The van der Waals surface area contributed by atoms with Crippen molar-refractivity contribution in [1.82, 2.24) is 4.90 Å². The van der Waals surface area contributed by atoms with E-state index in [1.54, 1.807) is 24.0 Å². The molecule has 0 atom stereocenters. The first-order valence-corrected chi connectivity index (χ1v) is 15.1. The highest BCUT2D eigenvalue weighted by Crippen LogP contribution is 2.35. The average Bonchev–Trinajstić information content (AvgIpc) is 3.00. The van der Waals surface area contributed by atoms with Crippen molar-refractivity contribution in [3.05, 3.63) is 81.3 Å². The van der Waals surface area contributed by atoms with Crippen LogP contribution in [0.1, 0.15) is 46.8 Å².